The molecule has 2 amide bonds. The Balaban J connectivity index is 1.67. The number of rotatable bonds is 7. The highest BCUT2D eigenvalue weighted by atomic mass is 16.5. The Bertz CT molecular complexity index is 710. The Kier molecular flexibility index (Phi) is 7.36. The first-order valence-electron chi connectivity index (χ1n) is 10.6. The van der Waals surface area contributed by atoms with Gasteiger partial charge in [0, 0.05) is 38.8 Å². The molecule has 0 spiro atoms. The van der Waals surface area contributed by atoms with E-state index in [0.29, 0.717) is 55.7 Å². The van der Waals surface area contributed by atoms with Crippen LogP contribution >= 0.6 is 0 Å². The molecule has 1 saturated heterocycles. The second-order valence-corrected chi connectivity index (χ2v) is 7.78. The summed E-state index contributed by atoms with van der Waals surface area (Å²) in [5.74, 6) is 1.69. The Hall–Kier alpha value is -2.28. The highest BCUT2D eigenvalue weighted by Crippen LogP contribution is 2.31. The smallest absolute Gasteiger partial charge is 0.257 e. The SMILES string of the molecule is CCNC(=O)C(C1CCCC1)N1CCN(C(=O)c2ccc(OC)cc2OC)CC1. The third-order valence-corrected chi connectivity index (χ3v) is 6.10. The molecule has 1 heterocycles. The number of carbonyl (C=O) groups is 2. The second kappa shape index (κ2) is 9.96. The molecule has 7 heteroatoms. The van der Waals surface area contributed by atoms with Crippen molar-refractivity contribution >= 4 is 11.8 Å². The molecule has 0 aromatic heterocycles. The summed E-state index contributed by atoms with van der Waals surface area (Å²) in [6.45, 7) is 5.25. The molecule has 1 aromatic carbocycles. The Morgan fingerprint density at radius 1 is 1.10 bits per heavy atom. The highest BCUT2D eigenvalue weighted by Gasteiger charge is 2.37. The molecule has 1 unspecified atom stereocenters. The van der Waals surface area contributed by atoms with Crippen LogP contribution < -0.4 is 14.8 Å². The number of hydrogen-bond donors (Lipinski definition) is 1. The Labute approximate surface area is 173 Å². The van der Waals surface area contributed by atoms with Crippen molar-refractivity contribution in [2.75, 3.05) is 46.9 Å². The van der Waals surface area contributed by atoms with Crippen molar-refractivity contribution in [1.82, 2.24) is 15.1 Å². The molecule has 7 nitrogen and oxygen atoms in total. The van der Waals surface area contributed by atoms with E-state index < -0.39 is 0 Å². The van der Waals surface area contributed by atoms with Gasteiger partial charge in [-0.15, -0.1) is 0 Å². The topological polar surface area (TPSA) is 71.1 Å². The molecule has 1 N–H and O–H groups in total. The average Bonchev–Trinajstić information content (AvgIpc) is 3.28. The number of benzene rings is 1. The zero-order chi connectivity index (χ0) is 20.8. The maximum Gasteiger partial charge on any atom is 0.257 e. The van der Waals surface area contributed by atoms with Crippen LogP contribution in [-0.2, 0) is 4.79 Å². The number of carbonyl (C=O) groups excluding carboxylic acids is 2. The number of nitrogens with one attached hydrogen (secondary N) is 1. The number of amides is 2. The van der Waals surface area contributed by atoms with Crippen molar-refractivity contribution in [2.24, 2.45) is 5.92 Å². The van der Waals surface area contributed by atoms with E-state index in [-0.39, 0.29) is 17.9 Å². The van der Waals surface area contributed by atoms with Gasteiger partial charge in [-0.3, -0.25) is 14.5 Å². The minimum absolute atomic E-state index is 0.0421. The maximum atomic E-state index is 13.1. The van der Waals surface area contributed by atoms with Gasteiger partial charge in [-0.25, -0.2) is 0 Å². The van der Waals surface area contributed by atoms with E-state index >= 15 is 0 Å². The van der Waals surface area contributed by atoms with Crippen LogP contribution in [0.5, 0.6) is 11.5 Å². The molecule has 0 bridgehead atoms. The van der Waals surface area contributed by atoms with Gasteiger partial charge in [-0.2, -0.15) is 0 Å². The third kappa shape index (κ3) is 4.83. The van der Waals surface area contributed by atoms with Crippen LogP contribution in [0.2, 0.25) is 0 Å². The first kappa shape index (κ1) is 21.4. The van der Waals surface area contributed by atoms with Gasteiger partial charge in [0.05, 0.1) is 25.8 Å². The largest absolute Gasteiger partial charge is 0.497 e. The van der Waals surface area contributed by atoms with Gasteiger partial charge in [0.25, 0.3) is 5.91 Å². The first-order valence-corrected chi connectivity index (χ1v) is 10.6. The first-order chi connectivity index (χ1) is 14.1. The van der Waals surface area contributed by atoms with Crippen LogP contribution in [0.4, 0.5) is 0 Å². The Morgan fingerprint density at radius 2 is 1.79 bits per heavy atom. The van der Waals surface area contributed by atoms with E-state index in [2.05, 4.69) is 10.2 Å². The van der Waals surface area contributed by atoms with Crippen molar-refractivity contribution in [1.29, 1.82) is 0 Å². The van der Waals surface area contributed by atoms with Gasteiger partial charge in [0.15, 0.2) is 0 Å². The lowest BCUT2D eigenvalue weighted by Gasteiger charge is -2.40. The molecular weight excluding hydrogens is 370 g/mol. The number of methoxy groups -OCH3 is 2. The van der Waals surface area contributed by atoms with Gasteiger partial charge in [-0.05, 0) is 37.8 Å². The van der Waals surface area contributed by atoms with Gasteiger partial charge < -0.3 is 19.7 Å². The highest BCUT2D eigenvalue weighted by molar-refractivity contribution is 5.97. The summed E-state index contributed by atoms with van der Waals surface area (Å²) in [5, 5.41) is 3.02. The molecule has 1 aliphatic carbocycles. The molecule has 3 rings (SSSR count). The second-order valence-electron chi connectivity index (χ2n) is 7.78. The van der Waals surface area contributed by atoms with E-state index in [9.17, 15) is 9.59 Å². The van der Waals surface area contributed by atoms with Crippen molar-refractivity contribution in [2.45, 2.75) is 38.6 Å². The fourth-order valence-corrected chi connectivity index (χ4v) is 4.58. The molecule has 0 radical (unpaired) electrons. The average molecular weight is 404 g/mol. The lowest BCUT2D eigenvalue weighted by molar-refractivity contribution is -0.129. The number of piperazine rings is 1. The number of hydrogen-bond acceptors (Lipinski definition) is 5. The molecule has 29 heavy (non-hydrogen) atoms. The molecule has 1 aromatic rings. The van der Waals surface area contributed by atoms with Gasteiger partial charge >= 0.3 is 0 Å². The minimum atomic E-state index is -0.0785. The molecule has 2 fully saturated rings. The van der Waals surface area contributed by atoms with Crippen LogP contribution in [0, 0.1) is 5.92 Å². The van der Waals surface area contributed by atoms with E-state index in [4.69, 9.17) is 9.47 Å². The molecule has 1 saturated carbocycles. The van der Waals surface area contributed by atoms with E-state index in [1.165, 1.54) is 12.8 Å². The third-order valence-electron chi connectivity index (χ3n) is 6.10. The standard InChI is InChI=1S/C22H33N3O4/c1-4-23-21(26)20(16-7-5-6-8-16)24-11-13-25(14-12-24)22(27)18-10-9-17(28-2)15-19(18)29-3/h9-10,15-16,20H,4-8,11-14H2,1-3H3,(H,23,26). The minimum Gasteiger partial charge on any atom is -0.497 e. The number of likely N-dealkylation sites (N-methyl/N-ethyl adjacent to an activating group) is 1. The Morgan fingerprint density at radius 3 is 2.38 bits per heavy atom. The predicted molar refractivity (Wildman–Crippen MR) is 111 cm³/mol. The van der Waals surface area contributed by atoms with Crippen molar-refractivity contribution < 1.29 is 19.1 Å². The number of ether oxygens (including phenoxy) is 2. The summed E-state index contributed by atoms with van der Waals surface area (Å²) in [5.41, 5.74) is 0.540. The van der Waals surface area contributed by atoms with Gasteiger partial charge in [0.1, 0.15) is 11.5 Å². The van der Waals surface area contributed by atoms with Crippen LogP contribution in [0.1, 0.15) is 43.0 Å². The summed E-state index contributed by atoms with van der Waals surface area (Å²) in [6.07, 6.45) is 4.64. The van der Waals surface area contributed by atoms with Gasteiger partial charge in [0.2, 0.25) is 5.91 Å². The fourth-order valence-electron chi connectivity index (χ4n) is 4.58. The lowest BCUT2D eigenvalue weighted by atomic mass is 9.95. The normalized spacial score (nSPS) is 19.1. The van der Waals surface area contributed by atoms with Crippen molar-refractivity contribution in [3.63, 3.8) is 0 Å². The summed E-state index contributed by atoms with van der Waals surface area (Å²) >= 11 is 0. The molecule has 2 aliphatic rings. The lowest BCUT2D eigenvalue weighted by Crippen LogP contribution is -2.58. The van der Waals surface area contributed by atoms with Gasteiger partial charge in [-0.1, -0.05) is 12.8 Å². The maximum absolute atomic E-state index is 13.1. The van der Waals surface area contributed by atoms with E-state index in [1.807, 2.05) is 11.8 Å². The monoisotopic (exact) mass is 403 g/mol. The summed E-state index contributed by atoms with van der Waals surface area (Å²) in [6, 6.07) is 5.18. The van der Waals surface area contributed by atoms with Crippen LogP contribution in [0.15, 0.2) is 18.2 Å². The van der Waals surface area contributed by atoms with Crippen LogP contribution in [0.3, 0.4) is 0 Å². The van der Waals surface area contributed by atoms with Crippen molar-refractivity contribution in [3.8, 4) is 11.5 Å². The van der Waals surface area contributed by atoms with Crippen molar-refractivity contribution in [3.05, 3.63) is 23.8 Å². The molecule has 1 aliphatic heterocycles. The van der Waals surface area contributed by atoms with E-state index in [1.54, 1.807) is 32.4 Å². The number of nitrogens with zero attached hydrogens (tertiary/aromatic N) is 2. The van der Waals surface area contributed by atoms with Crippen LogP contribution in [0.25, 0.3) is 0 Å². The van der Waals surface area contributed by atoms with Crippen LogP contribution in [-0.4, -0.2) is 74.6 Å². The summed E-state index contributed by atoms with van der Waals surface area (Å²) < 4.78 is 10.6. The summed E-state index contributed by atoms with van der Waals surface area (Å²) in [4.78, 5) is 29.9. The molecule has 1 atom stereocenters. The quantitative estimate of drug-likeness (QED) is 0.755. The molecular formula is C22H33N3O4. The molecule has 160 valence electrons. The van der Waals surface area contributed by atoms with E-state index in [0.717, 1.165) is 12.8 Å². The zero-order valence-corrected chi connectivity index (χ0v) is 17.8. The zero-order valence-electron chi connectivity index (χ0n) is 17.8. The predicted octanol–water partition coefficient (Wildman–Crippen LogP) is 2.16. The fraction of sp³-hybridized carbons (Fsp3) is 0.636. The summed E-state index contributed by atoms with van der Waals surface area (Å²) in [7, 11) is 3.15.